The summed E-state index contributed by atoms with van der Waals surface area (Å²) in [4.78, 5) is 11.4. The number of methoxy groups -OCH3 is 1. The smallest absolute Gasteiger partial charge is 0.341 e. The molecule has 0 radical (unpaired) electrons. The predicted octanol–water partition coefficient (Wildman–Crippen LogP) is 1.44. The first-order valence-corrected chi connectivity index (χ1v) is 4.76. The molecule has 0 saturated carbocycles. The van der Waals surface area contributed by atoms with Crippen LogP contribution in [0.4, 0.5) is 0 Å². The maximum atomic E-state index is 11.4. The van der Waals surface area contributed by atoms with E-state index in [1.165, 1.54) is 19.2 Å². The van der Waals surface area contributed by atoms with E-state index in [0.29, 0.717) is 5.02 Å². The second-order valence-electron chi connectivity index (χ2n) is 2.95. The summed E-state index contributed by atoms with van der Waals surface area (Å²) in [5.41, 5.74) is 5.35. The van der Waals surface area contributed by atoms with Crippen molar-refractivity contribution in [3.05, 3.63) is 28.8 Å². The summed E-state index contributed by atoms with van der Waals surface area (Å²) in [6.07, 6.45) is 0. The molecule has 0 spiro atoms. The normalized spacial score (nSPS) is 9.62. The largest absolute Gasteiger partial charge is 0.485 e. The molecule has 3 N–H and O–H groups in total. The molecule has 0 aliphatic carbocycles. The number of hydrogen-bond acceptors (Lipinski definition) is 4. The number of nitrogens with two attached hydrogens (primary N) is 1. The number of hydrogen-bond donors (Lipinski definition) is 2. The minimum atomic E-state index is -0.555. The van der Waals surface area contributed by atoms with E-state index in [1.807, 2.05) is 0 Å². The van der Waals surface area contributed by atoms with E-state index in [9.17, 15) is 4.79 Å². The van der Waals surface area contributed by atoms with Gasteiger partial charge in [-0.2, -0.15) is 0 Å². The molecule has 1 rings (SSSR count). The van der Waals surface area contributed by atoms with Gasteiger partial charge >= 0.3 is 5.97 Å². The molecule has 0 atom stereocenters. The number of carbonyl (C=O) groups is 1. The van der Waals surface area contributed by atoms with Gasteiger partial charge < -0.3 is 15.2 Å². The molecule has 1 aromatic rings. The third-order valence-corrected chi connectivity index (χ3v) is 1.97. The van der Waals surface area contributed by atoms with E-state index in [1.54, 1.807) is 6.07 Å². The Morgan fingerprint density at radius 2 is 2.25 bits per heavy atom. The van der Waals surface area contributed by atoms with Crippen LogP contribution in [-0.4, -0.2) is 25.5 Å². The highest BCUT2D eigenvalue weighted by atomic mass is 35.5. The van der Waals surface area contributed by atoms with Crippen molar-refractivity contribution in [2.24, 2.45) is 5.73 Å². The molecule has 86 valence electrons. The highest BCUT2D eigenvalue weighted by Crippen LogP contribution is 2.23. The Labute approximate surface area is 97.6 Å². The fourth-order valence-electron chi connectivity index (χ4n) is 1.05. The van der Waals surface area contributed by atoms with E-state index < -0.39 is 5.97 Å². The van der Waals surface area contributed by atoms with E-state index in [2.05, 4.69) is 4.74 Å². The molecular weight excluding hydrogens is 232 g/mol. The van der Waals surface area contributed by atoms with Crippen molar-refractivity contribution >= 4 is 23.4 Å². The Morgan fingerprint density at radius 1 is 1.56 bits per heavy atom. The summed E-state index contributed by atoms with van der Waals surface area (Å²) in [6, 6.07) is 4.53. The summed E-state index contributed by atoms with van der Waals surface area (Å²) in [6.45, 7) is -0.0916. The average Bonchev–Trinajstić information content (AvgIpc) is 2.26. The van der Waals surface area contributed by atoms with Crippen molar-refractivity contribution in [2.75, 3.05) is 13.7 Å². The summed E-state index contributed by atoms with van der Waals surface area (Å²) in [7, 11) is 1.26. The SMILES string of the molecule is COC(=O)c1cc(Cl)ccc1OCC(=N)N. The van der Waals surface area contributed by atoms with Gasteiger partial charge in [0.2, 0.25) is 0 Å². The fraction of sp³-hybridized carbons (Fsp3) is 0.200. The fourth-order valence-corrected chi connectivity index (χ4v) is 1.23. The van der Waals surface area contributed by atoms with Crippen molar-refractivity contribution < 1.29 is 14.3 Å². The van der Waals surface area contributed by atoms with Gasteiger partial charge in [0.1, 0.15) is 23.8 Å². The quantitative estimate of drug-likeness (QED) is 0.475. The summed E-state index contributed by atoms with van der Waals surface area (Å²) in [5, 5.41) is 7.42. The molecule has 5 nitrogen and oxygen atoms in total. The first-order chi connectivity index (χ1) is 7.54. The number of benzene rings is 1. The van der Waals surface area contributed by atoms with Crippen LogP contribution in [0.2, 0.25) is 5.02 Å². The molecule has 0 fully saturated rings. The molecule has 0 aliphatic rings. The lowest BCUT2D eigenvalue weighted by molar-refractivity contribution is 0.0596. The number of amidine groups is 1. The Bertz CT molecular complexity index is 421. The molecule has 0 saturated heterocycles. The maximum absolute atomic E-state index is 11.4. The Hall–Kier alpha value is -1.75. The minimum Gasteiger partial charge on any atom is -0.485 e. The Kier molecular flexibility index (Phi) is 4.13. The van der Waals surface area contributed by atoms with Crippen LogP contribution in [0.3, 0.4) is 0 Å². The third kappa shape index (κ3) is 3.13. The molecule has 6 heteroatoms. The zero-order valence-electron chi connectivity index (χ0n) is 8.62. The molecule has 0 heterocycles. The van der Waals surface area contributed by atoms with E-state index in [-0.39, 0.29) is 23.8 Å². The van der Waals surface area contributed by atoms with Gasteiger partial charge in [0, 0.05) is 5.02 Å². The molecule has 0 aromatic heterocycles. The number of ether oxygens (including phenoxy) is 2. The highest BCUT2D eigenvalue weighted by molar-refractivity contribution is 6.31. The summed E-state index contributed by atoms with van der Waals surface area (Å²) >= 11 is 5.75. The summed E-state index contributed by atoms with van der Waals surface area (Å²) in [5.74, 6) is -0.404. The van der Waals surface area contributed by atoms with Crippen LogP contribution in [0, 0.1) is 5.41 Å². The molecule has 0 aliphatic heterocycles. The van der Waals surface area contributed by atoms with Gasteiger partial charge in [0.15, 0.2) is 0 Å². The van der Waals surface area contributed by atoms with Gasteiger partial charge in [-0.05, 0) is 18.2 Å². The van der Waals surface area contributed by atoms with Crippen LogP contribution in [0.5, 0.6) is 5.75 Å². The zero-order valence-corrected chi connectivity index (χ0v) is 9.38. The number of esters is 1. The number of rotatable bonds is 4. The monoisotopic (exact) mass is 242 g/mol. The standard InChI is InChI=1S/C10H11ClN2O3/c1-15-10(14)7-4-6(11)2-3-8(7)16-5-9(12)13/h2-4H,5H2,1H3,(H3,12,13). The molecule has 0 unspecified atom stereocenters. The molecule has 1 aromatic carbocycles. The number of carbonyl (C=O) groups excluding carboxylic acids is 1. The Balaban J connectivity index is 2.98. The van der Waals surface area contributed by atoms with E-state index >= 15 is 0 Å². The van der Waals surface area contributed by atoms with E-state index in [0.717, 1.165) is 0 Å². The van der Waals surface area contributed by atoms with E-state index in [4.69, 9.17) is 27.5 Å². The van der Waals surface area contributed by atoms with Gasteiger partial charge in [-0.15, -0.1) is 0 Å². The van der Waals surface area contributed by atoms with Crippen molar-refractivity contribution in [3.8, 4) is 5.75 Å². The molecule has 0 bridgehead atoms. The number of nitrogens with one attached hydrogen (secondary N) is 1. The number of halogens is 1. The highest BCUT2D eigenvalue weighted by Gasteiger charge is 2.13. The average molecular weight is 243 g/mol. The van der Waals surface area contributed by atoms with Crippen molar-refractivity contribution in [3.63, 3.8) is 0 Å². The lowest BCUT2D eigenvalue weighted by atomic mass is 10.2. The van der Waals surface area contributed by atoms with Crippen LogP contribution in [-0.2, 0) is 4.74 Å². The molecule has 0 amide bonds. The van der Waals surface area contributed by atoms with Gasteiger partial charge in [0.25, 0.3) is 0 Å². The minimum absolute atomic E-state index is 0.0916. The van der Waals surface area contributed by atoms with Gasteiger partial charge in [-0.1, -0.05) is 11.6 Å². The van der Waals surface area contributed by atoms with Crippen molar-refractivity contribution in [2.45, 2.75) is 0 Å². The first kappa shape index (κ1) is 12.3. The third-order valence-electron chi connectivity index (χ3n) is 1.73. The zero-order chi connectivity index (χ0) is 12.1. The van der Waals surface area contributed by atoms with Crippen LogP contribution in [0.25, 0.3) is 0 Å². The van der Waals surface area contributed by atoms with Gasteiger partial charge in [-0.3, -0.25) is 5.41 Å². The molecular formula is C10H11ClN2O3. The lowest BCUT2D eigenvalue weighted by Crippen LogP contribution is -2.20. The van der Waals surface area contributed by atoms with Crippen molar-refractivity contribution in [1.82, 2.24) is 0 Å². The van der Waals surface area contributed by atoms with Crippen LogP contribution in [0.1, 0.15) is 10.4 Å². The summed E-state index contributed by atoms with van der Waals surface area (Å²) < 4.78 is 9.74. The lowest BCUT2D eigenvalue weighted by Gasteiger charge is -2.09. The maximum Gasteiger partial charge on any atom is 0.341 e. The predicted molar refractivity (Wildman–Crippen MR) is 60.2 cm³/mol. The van der Waals surface area contributed by atoms with Crippen LogP contribution < -0.4 is 10.5 Å². The van der Waals surface area contributed by atoms with Gasteiger partial charge in [0.05, 0.1) is 7.11 Å². The second kappa shape index (κ2) is 5.37. The van der Waals surface area contributed by atoms with Crippen molar-refractivity contribution in [1.29, 1.82) is 5.41 Å². The van der Waals surface area contributed by atoms with Crippen LogP contribution >= 0.6 is 11.6 Å². The van der Waals surface area contributed by atoms with Gasteiger partial charge in [-0.25, -0.2) is 4.79 Å². The molecule has 16 heavy (non-hydrogen) atoms. The first-order valence-electron chi connectivity index (χ1n) is 4.38. The second-order valence-corrected chi connectivity index (χ2v) is 3.38. The van der Waals surface area contributed by atoms with Crippen LogP contribution in [0.15, 0.2) is 18.2 Å². The Morgan fingerprint density at radius 3 is 2.81 bits per heavy atom. The topological polar surface area (TPSA) is 85.4 Å².